The molecule has 1 fully saturated rings. The summed E-state index contributed by atoms with van der Waals surface area (Å²) in [5.74, 6) is -0.833. The highest BCUT2D eigenvalue weighted by Gasteiger charge is 2.43. The minimum atomic E-state index is -0.783. The minimum Gasteiger partial charge on any atom is -0.341 e. The molecule has 1 aromatic carbocycles. The average Bonchev–Trinajstić information content (AvgIpc) is 3.17. The van der Waals surface area contributed by atoms with Crippen LogP contribution in [0.5, 0.6) is 0 Å². The number of carbonyl (C=O) groups is 3. The van der Waals surface area contributed by atoms with Gasteiger partial charge in [0.2, 0.25) is 5.91 Å². The van der Waals surface area contributed by atoms with Gasteiger partial charge in [-0.2, -0.15) is 0 Å². The third-order valence-electron chi connectivity index (χ3n) is 5.31. The quantitative estimate of drug-likeness (QED) is 0.762. The Morgan fingerprint density at radius 3 is 2.11 bits per heavy atom. The molecule has 1 aromatic heterocycles. The SMILES string of the molecule is O=C(C(Cc1cccs1)N1C(=O)c2ccccc2C1=O)N1CCCCCC1. The standard InChI is InChI=1S/C21H22N2O3S/c24-19-16-9-3-4-10-17(16)20(25)23(19)18(14-15-8-7-13-27-15)21(26)22-11-5-1-2-6-12-22/h3-4,7-10,13,18H,1-2,5-6,11-12,14H2. The Hall–Kier alpha value is -2.47. The second kappa shape index (κ2) is 7.64. The third-order valence-corrected chi connectivity index (χ3v) is 6.21. The Bertz CT molecular complexity index is 819. The molecule has 27 heavy (non-hydrogen) atoms. The van der Waals surface area contributed by atoms with Crippen LogP contribution in [0, 0.1) is 0 Å². The van der Waals surface area contributed by atoms with Crippen LogP contribution in [-0.4, -0.2) is 46.7 Å². The molecule has 0 radical (unpaired) electrons. The molecule has 2 aliphatic heterocycles. The predicted octanol–water partition coefficient (Wildman–Crippen LogP) is 3.36. The van der Waals surface area contributed by atoms with Gasteiger partial charge in [-0.3, -0.25) is 19.3 Å². The van der Waals surface area contributed by atoms with E-state index < -0.39 is 6.04 Å². The summed E-state index contributed by atoms with van der Waals surface area (Å²) in [7, 11) is 0. The molecule has 1 unspecified atom stereocenters. The Kier molecular flexibility index (Phi) is 5.07. The fourth-order valence-corrected chi connectivity index (χ4v) is 4.64. The van der Waals surface area contributed by atoms with Crippen LogP contribution in [0.3, 0.4) is 0 Å². The number of amides is 3. The van der Waals surface area contributed by atoms with Crippen molar-refractivity contribution in [3.63, 3.8) is 0 Å². The molecule has 5 nitrogen and oxygen atoms in total. The molecule has 0 bridgehead atoms. The summed E-state index contributed by atoms with van der Waals surface area (Å²) in [6.45, 7) is 1.39. The number of likely N-dealkylation sites (tertiary alicyclic amines) is 1. The molecular weight excluding hydrogens is 360 g/mol. The van der Waals surface area contributed by atoms with E-state index in [2.05, 4.69) is 0 Å². The van der Waals surface area contributed by atoms with Gasteiger partial charge in [0, 0.05) is 24.4 Å². The number of hydrogen-bond donors (Lipinski definition) is 0. The van der Waals surface area contributed by atoms with Crippen LogP contribution in [0.1, 0.15) is 51.3 Å². The molecule has 0 spiro atoms. The summed E-state index contributed by atoms with van der Waals surface area (Å²) in [5, 5.41) is 1.95. The fourth-order valence-electron chi connectivity index (χ4n) is 3.90. The Morgan fingerprint density at radius 2 is 1.56 bits per heavy atom. The van der Waals surface area contributed by atoms with Crippen LogP contribution in [0.2, 0.25) is 0 Å². The molecule has 6 heteroatoms. The van der Waals surface area contributed by atoms with Crippen LogP contribution in [-0.2, 0) is 11.2 Å². The highest BCUT2D eigenvalue weighted by molar-refractivity contribution is 7.09. The zero-order chi connectivity index (χ0) is 18.8. The third kappa shape index (κ3) is 3.41. The number of imide groups is 1. The molecule has 140 valence electrons. The van der Waals surface area contributed by atoms with Crippen molar-refractivity contribution in [3.8, 4) is 0 Å². The largest absolute Gasteiger partial charge is 0.341 e. The molecule has 0 aliphatic carbocycles. The van der Waals surface area contributed by atoms with E-state index in [1.54, 1.807) is 35.6 Å². The lowest BCUT2D eigenvalue weighted by Crippen LogP contribution is -2.52. The van der Waals surface area contributed by atoms with Crippen molar-refractivity contribution >= 4 is 29.1 Å². The van der Waals surface area contributed by atoms with Crippen molar-refractivity contribution in [2.45, 2.75) is 38.1 Å². The molecule has 0 saturated carbocycles. The number of carbonyl (C=O) groups excluding carboxylic acids is 3. The lowest BCUT2D eigenvalue weighted by molar-refractivity contribution is -0.135. The van der Waals surface area contributed by atoms with E-state index in [4.69, 9.17) is 0 Å². The number of rotatable bonds is 4. The van der Waals surface area contributed by atoms with Crippen LogP contribution in [0.4, 0.5) is 0 Å². The van der Waals surface area contributed by atoms with E-state index in [-0.39, 0.29) is 17.7 Å². The summed E-state index contributed by atoms with van der Waals surface area (Å²) in [5.41, 5.74) is 0.782. The summed E-state index contributed by atoms with van der Waals surface area (Å²) in [6.07, 6.45) is 4.55. The zero-order valence-electron chi connectivity index (χ0n) is 15.1. The van der Waals surface area contributed by atoms with Crippen LogP contribution >= 0.6 is 11.3 Å². The number of hydrogen-bond acceptors (Lipinski definition) is 4. The first-order valence-corrected chi connectivity index (χ1v) is 10.3. The summed E-state index contributed by atoms with van der Waals surface area (Å²) >= 11 is 1.54. The molecule has 0 N–H and O–H groups in total. The van der Waals surface area contributed by atoms with Gasteiger partial charge in [-0.1, -0.05) is 31.0 Å². The summed E-state index contributed by atoms with van der Waals surface area (Å²) in [6, 6.07) is 9.91. The number of nitrogens with zero attached hydrogens (tertiary/aromatic N) is 2. The van der Waals surface area contributed by atoms with Gasteiger partial charge in [0.25, 0.3) is 11.8 Å². The average molecular weight is 382 g/mol. The van der Waals surface area contributed by atoms with Crippen molar-refractivity contribution in [1.82, 2.24) is 9.80 Å². The number of fused-ring (bicyclic) bond motifs is 1. The lowest BCUT2D eigenvalue weighted by Gasteiger charge is -2.30. The maximum absolute atomic E-state index is 13.4. The maximum atomic E-state index is 13.4. The molecule has 4 rings (SSSR count). The number of thiophene rings is 1. The Labute approximate surface area is 162 Å². The smallest absolute Gasteiger partial charge is 0.262 e. The molecule has 2 aromatic rings. The van der Waals surface area contributed by atoms with Gasteiger partial charge in [0.05, 0.1) is 11.1 Å². The van der Waals surface area contributed by atoms with Crippen molar-refractivity contribution < 1.29 is 14.4 Å². The Morgan fingerprint density at radius 1 is 0.926 bits per heavy atom. The van der Waals surface area contributed by atoms with Crippen LogP contribution in [0.25, 0.3) is 0 Å². The first kappa shape index (κ1) is 17.9. The Balaban J connectivity index is 1.67. The van der Waals surface area contributed by atoms with Crippen molar-refractivity contribution in [1.29, 1.82) is 0 Å². The van der Waals surface area contributed by atoms with Crippen molar-refractivity contribution in [2.75, 3.05) is 13.1 Å². The van der Waals surface area contributed by atoms with Gasteiger partial charge in [-0.05, 0) is 36.4 Å². The molecule has 1 atom stereocenters. The predicted molar refractivity (Wildman–Crippen MR) is 104 cm³/mol. The number of benzene rings is 1. The summed E-state index contributed by atoms with van der Waals surface area (Å²) < 4.78 is 0. The van der Waals surface area contributed by atoms with Gasteiger partial charge in [0.1, 0.15) is 6.04 Å². The van der Waals surface area contributed by atoms with E-state index in [1.165, 1.54) is 4.90 Å². The highest BCUT2D eigenvalue weighted by atomic mass is 32.1. The van der Waals surface area contributed by atoms with Gasteiger partial charge < -0.3 is 4.90 Å². The normalized spacial score (nSPS) is 18.4. The van der Waals surface area contributed by atoms with Crippen LogP contribution < -0.4 is 0 Å². The summed E-state index contributed by atoms with van der Waals surface area (Å²) in [4.78, 5) is 43.4. The monoisotopic (exact) mass is 382 g/mol. The van der Waals surface area contributed by atoms with Crippen LogP contribution in [0.15, 0.2) is 41.8 Å². The first-order chi connectivity index (χ1) is 13.2. The molecule has 2 aliphatic rings. The van der Waals surface area contributed by atoms with Crippen molar-refractivity contribution in [3.05, 3.63) is 57.8 Å². The van der Waals surface area contributed by atoms with E-state index in [9.17, 15) is 14.4 Å². The fraction of sp³-hybridized carbons (Fsp3) is 0.381. The molecular formula is C21H22N2O3S. The second-order valence-electron chi connectivity index (χ2n) is 7.06. The van der Waals surface area contributed by atoms with Gasteiger partial charge in [-0.15, -0.1) is 11.3 Å². The molecule has 3 amide bonds. The van der Waals surface area contributed by atoms with Crippen molar-refractivity contribution in [2.24, 2.45) is 0 Å². The first-order valence-electron chi connectivity index (χ1n) is 9.45. The topological polar surface area (TPSA) is 57.7 Å². The van der Waals surface area contributed by atoms with E-state index >= 15 is 0 Å². The second-order valence-corrected chi connectivity index (χ2v) is 8.10. The molecule has 1 saturated heterocycles. The van der Waals surface area contributed by atoms with Gasteiger partial charge in [-0.25, -0.2) is 0 Å². The van der Waals surface area contributed by atoms with Gasteiger partial charge in [0.15, 0.2) is 0 Å². The zero-order valence-corrected chi connectivity index (χ0v) is 15.9. The van der Waals surface area contributed by atoms with E-state index in [0.29, 0.717) is 30.6 Å². The van der Waals surface area contributed by atoms with E-state index in [1.807, 2.05) is 22.4 Å². The minimum absolute atomic E-state index is 0.111. The lowest BCUT2D eigenvalue weighted by atomic mass is 10.1. The molecule has 3 heterocycles. The van der Waals surface area contributed by atoms with Gasteiger partial charge >= 0.3 is 0 Å². The highest BCUT2D eigenvalue weighted by Crippen LogP contribution is 2.28. The van der Waals surface area contributed by atoms with E-state index in [0.717, 1.165) is 30.6 Å². The maximum Gasteiger partial charge on any atom is 0.262 e.